The van der Waals surface area contributed by atoms with Crippen LogP contribution in [0, 0.1) is 6.92 Å². The minimum Gasteiger partial charge on any atom is -0.448 e. The van der Waals surface area contributed by atoms with Crippen LogP contribution in [0.4, 0.5) is 0 Å². The number of benzene rings is 1. The molecule has 2 rings (SSSR count). The van der Waals surface area contributed by atoms with Crippen LogP contribution in [0.3, 0.4) is 0 Å². The molecule has 18 heavy (non-hydrogen) atoms. The van der Waals surface area contributed by atoms with Gasteiger partial charge < -0.3 is 9.73 Å². The Morgan fingerprint density at radius 2 is 2.11 bits per heavy atom. The molecule has 0 aliphatic rings. The van der Waals surface area contributed by atoms with Gasteiger partial charge in [-0.15, -0.1) is 0 Å². The van der Waals surface area contributed by atoms with E-state index < -0.39 is 0 Å². The van der Waals surface area contributed by atoms with Gasteiger partial charge in [0.05, 0.1) is 6.04 Å². The van der Waals surface area contributed by atoms with Crippen LogP contribution in [0.1, 0.15) is 36.3 Å². The molecule has 0 saturated carbocycles. The molecule has 0 bridgehead atoms. The summed E-state index contributed by atoms with van der Waals surface area (Å²) in [5, 5.41) is 3.92. The quantitative estimate of drug-likeness (QED) is 0.869. The van der Waals surface area contributed by atoms with E-state index in [2.05, 4.69) is 43.4 Å². The summed E-state index contributed by atoms with van der Waals surface area (Å²) in [7, 11) is 0. The number of hydrogen-bond donors (Lipinski definition) is 1. The zero-order chi connectivity index (χ0) is 13.0. The smallest absolute Gasteiger partial charge is 0.193 e. The summed E-state index contributed by atoms with van der Waals surface area (Å²) in [4.78, 5) is 0. The molecule has 0 spiro atoms. The predicted molar refractivity (Wildman–Crippen MR) is 75.0 cm³/mol. The molecular weight excluding hydrogens is 246 g/mol. The van der Waals surface area contributed by atoms with Crippen molar-refractivity contribution in [3.63, 3.8) is 0 Å². The van der Waals surface area contributed by atoms with E-state index in [1.807, 2.05) is 6.07 Å². The molecule has 1 aromatic carbocycles. The zero-order valence-electron chi connectivity index (χ0n) is 10.7. The maximum atomic E-state index is 5.86. The van der Waals surface area contributed by atoms with Crippen molar-refractivity contribution in [3.8, 4) is 0 Å². The van der Waals surface area contributed by atoms with Gasteiger partial charge in [0.15, 0.2) is 5.22 Å². The minimum atomic E-state index is 0.0670. The summed E-state index contributed by atoms with van der Waals surface area (Å²) in [6, 6.07) is 12.2. The van der Waals surface area contributed by atoms with Gasteiger partial charge in [-0.3, -0.25) is 0 Å². The van der Waals surface area contributed by atoms with Gasteiger partial charge in [0, 0.05) is 0 Å². The van der Waals surface area contributed by atoms with Gasteiger partial charge in [-0.05, 0) is 49.2 Å². The Kier molecular flexibility index (Phi) is 4.45. The van der Waals surface area contributed by atoms with E-state index in [9.17, 15) is 0 Å². The number of aryl methyl sites for hydroxylation is 1. The topological polar surface area (TPSA) is 25.2 Å². The minimum absolute atomic E-state index is 0.0670. The van der Waals surface area contributed by atoms with E-state index in [4.69, 9.17) is 16.0 Å². The molecule has 3 heteroatoms. The number of furan rings is 1. The molecule has 2 aromatic rings. The van der Waals surface area contributed by atoms with Crippen LogP contribution < -0.4 is 5.32 Å². The maximum Gasteiger partial charge on any atom is 0.193 e. The molecular formula is C15H18ClNO. The number of halogens is 1. The molecule has 0 fully saturated rings. The third-order valence-corrected chi connectivity index (χ3v) is 3.06. The highest BCUT2D eigenvalue weighted by Crippen LogP contribution is 2.26. The first-order valence-corrected chi connectivity index (χ1v) is 6.63. The highest BCUT2D eigenvalue weighted by molar-refractivity contribution is 6.28. The van der Waals surface area contributed by atoms with Crippen molar-refractivity contribution < 1.29 is 4.42 Å². The first-order chi connectivity index (χ1) is 8.70. The molecule has 1 aromatic heterocycles. The normalized spacial score (nSPS) is 12.6. The summed E-state index contributed by atoms with van der Waals surface area (Å²) in [6.07, 6.45) is 1.08. The SMILES string of the molecule is CCCNC(c1cccc(C)c1)c1ccc(Cl)o1. The van der Waals surface area contributed by atoms with Gasteiger partial charge in [0.2, 0.25) is 0 Å². The van der Waals surface area contributed by atoms with Crippen LogP contribution >= 0.6 is 11.6 Å². The molecule has 96 valence electrons. The van der Waals surface area contributed by atoms with Gasteiger partial charge >= 0.3 is 0 Å². The lowest BCUT2D eigenvalue weighted by molar-refractivity contribution is 0.448. The highest BCUT2D eigenvalue weighted by Gasteiger charge is 2.16. The molecule has 0 saturated heterocycles. The average molecular weight is 264 g/mol. The van der Waals surface area contributed by atoms with E-state index in [0.29, 0.717) is 5.22 Å². The number of hydrogen-bond acceptors (Lipinski definition) is 2. The lowest BCUT2D eigenvalue weighted by Crippen LogP contribution is -2.22. The first-order valence-electron chi connectivity index (χ1n) is 6.26. The van der Waals surface area contributed by atoms with Gasteiger partial charge in [0.1, 0.15) is 5.76 Å². The lowest BCUT2D eigenvalue weighted by atomic mass is 10.0. The Balaban J connectivity index is 2.30. The summed E-state index contributed by atoms with van der Waals surface area (Å²) in [6.45, 7) is 5.18. The van der Waals surface area contributed by atoms with E-state index in [1.165, 1.54) is 11.1 Å². The molecule has 0 aliphatic carbocycles. The molecule has 0 aliphatic heterocycles. The van der Waals surface area contributed by atoms with Gasteiger partial charge in [-0.2, -0.15) is 0 Å². The fourth-order valence-electron chi connectivity index (χ4n) is 2.00. The second kappa shape index (κ2) is 6.07. The zero-order valence-corrected chi connectivity index (χ0v) is 11.5. The first kappa shape index (κ1) is 13.2. The number of nitrogens with one attached hydrogen (secondary N) is 1. The molecule has 1 atom stereocenters. The van der Waals surface area contributed by atoms with Crippen molar-refractivity contribution in [1.29, 1.82) is 0 Å². The predicted octanol–water partition coefficient (Wildman–Crippen LogP) is 4.33. The fraction of sp³-hybridized carbons (Fsp3) is 0.333. The highest BCUT2D eigenvalue weighted by atomic mass is 35.5. The maximum absolute atomic E-state index is 5.86. The second-order valence-corrected chi connectivity index (χ2v) is 4.82. The van der Waals surface area contributed by atoms with Gasteiger partial charge in [-0.1, -0.05) is 36.8 Å². The largest absolute Gasteiger partial charge is 0.448 e. The lowest BCUT2D eigenvalue weighted by Gasteiger charge is -2.17. The van der Waals surface area contributed by atoms with Gasteiger partial charge in [0.25, 0.3) is 0 Å². The van der Waals surface area contributed by atoms with E-state index in [0.717, 1.165) is 18.7 Å². The summed E-state index contributed by atoms with van der Waals surface area (Å²) in [5.74, 6) is 0.860. The van der Waals surface area contributed by atoms with Crippen LogP contribution in [0.5, 0.6) is 0 Å². The van der Waals surface area contributed by atoms with Crippen LogP contribution in [0.2, 0.25) is 5.22 Å². The Labute approximate surface area is 113 Å². The molecule has 0 radical (unpaired) electrons. The third-order valence-electron chi connectivity index (χ3n) is 2.85. The Hall–Kier alpha value is -1.25. The van der Waals surface area contributed by atoms with Crippen LogP contribution in [-0.2, 0) is 0 Å². The standard InChI is InChI=1S/C15H18ClNO/c1-3-9-17-15(13-7-8-14(16)18-13)12-6-4-5-11(2)10-12/h4-8,10,15,17H,3,9H2,1-2H3. The van der Waals surface area contributed by atoms with E-state index in [-0.39, 0.29) is 6.04 Å². The number of rotatable bonds is 5. The van der Waals surface area contributed by atoms with Crippen molar-refractivity contribution in [2.24, 2.45) is 0 Å². The molecule has 1 heterocycles. The Morgan fingerprint density at radius 3 is 2.72 bits per heavy atom. The molecule has 2 nitrogen and oxygen atoms in total. The van der Waals surface area contributed by atoms with E-state index in [1.54, 1.807) is 6.07 Å². The van der Waals surface area contributed by atoms with Crippen molar-refractivity contribution in [3.05, 3.63) is 58.5 Å². The van der Waals surface area contributed by atoms with Crippen LogP contribution in [0.15, 0.2) is 40.8 Å². The second-order valence-electron chi connectivity index (χ2n) is 4.44. The van der Waals surface area contributed by atoms with Crippen LogP contribution in [0.25, 0.3) is 0 Å². The van der Waals surface area contributed by atoms with E-state index >= 15 is 0 Å². The fourth-order valence-corrected chi connectivity index (χ4v) is 2.16. The van der Waals surface area contributed by atoms with Crippen molar-refractivity contribution in [1.82, 2.24) is 5.32 Å². The van der Waals surface area contributed by atoms with Gasteiger partial charge in [-0.25, -0.2) is 0 Å². The molecule has 0 amide bonds. The van der Waals surface area contributed by atoms with Crippen molar-refractivity contribution in [2.75, 3.05) is 6.54 Å². The monoisotopic (exact) mass is 263 g/mol. The Bertz CT molecular complexity index is 507. The molecule has 1 N–H and O–H groups in total. The Morgan fingerprint density at radius 1 is 1.28 bits per heavy atom. The summed E-state index contributed by atoms with van der Waals surface area (Å²) < 4.78 is 5.54. The van der Waals surface area contributed by atoms with Crippen molar-refractivity contribution >= 4 is 11.6 Å². The summed E-state index contributed by atoms with van der Waals surface area (Å²) in [5.41, 5.74) is 2.45. The van der Waals surface area contributed by atoms with Crippen molar-refractivity contribution in [2.45, 2.75) is 26.3 Å². The molecule has 1 unspecified atom stereocenters. The van der Waals surface area contributed by atoms with Crippen LogP contribution in [-0.4, -0.2) is 6.54 Å². The summed E-state index contributed by atoms with van der Waals surface area (Å²) >= 11 is 5.86. The third kappa shape index (κ3) is 3.15. The average Bonchev–Trinajstić information content (AvgIpc) is 2.76.